The maximum absolute atomic E-state index is 11.9. The van der Waals surface area contributed by atoms with E-state index < -0.39 is 5.91 Å². The number of nitrogens with zero attached hydrogens (tertiary/aromatic N) is 4. The van der Waals surface area contributed by atoms with E-state index in [9.17, 15) is 9.59 Å². The number of hydrogen-bond donors (Lipinski definition) is 2. The van der Waals surface area contributed by atoms with Crippen molar-refractivity contribution in [3.63, 3.8) is 0 Å². The summed E-state index contributed by atoms with van der Waals surface area (Å²) in [6.07, 6.45) is 5.23. The molecule has 11 heteroatoms. The number of halogens is 2. The van der Waals surface area contributed by atoms with Gasteiger partial charge in [-0.1, -0.05) is 23.2 Å². The lowest BCUT2D eigenvalue weighted by atomic mass is 10.1. The third kappa shape index (κ3) is 3.81. The number of rotatable bonds is 5. The lowest BCUT2D eigenvalue weighted by molar-refractivity contribution is -0.124. The van der Waals surface area contributed by atoms with Crippen LogP contribution in [0.2, 0.25) is 10.0 Å². The molecule has 152 valence electrons. The number of imide groups is 1. The highest BCUT2D eigenvalue weighted by molar-refractivity contribution is 6.34. The van der Waals surface area contributed by atoms with Gasteiger partial charge in [-0.15, -0.1) is 0 Å². The molecule has 0 bridgehead atoms. The second-order valence-corrected chi connectivity index (χ2v) is 7.89. The van der Waals surface area contributed by atoms with Gasteiger partial charge < -0.3 is 10.1 Å². The maximum atomic E-state index is 11.9. The van der Waals surface area contributed by atoms with Crippen LogP contribution in [0.5, 0.6) is 11.8 Å². The predicted octanol–water partition coefficient (Wildman–Crippen LogP) is 3.23. The molecule has 1 aliphatic heterocycles. The van der Waals surface area contributed by atoms with Crippen LogP contribution in [0.3, 0.4) is 0 Å². The molecule has 5 rings (SSSR count). The Hall–Kier alpha value is -3.17. The Morgan fingerprint density at radius 2 is 1.93 bits per heavy atom. The minimum atomic E-state index is -0.422. The van der Waals surface area contributed by atoms with Crippen LogP contribution in [0.25, 0.3) is 11.7 Å². The van der Waals surface area contributed by atoms with Crippen molar-refractivity contribution >= 4 is 52.7 Å². The average molecular weight is 445 g/mol. The summed E-state index contributed by atoms with van der Waals surface area (Å²) < 4.78 is 7.34. The number of benzene rings is 1. The van der Waals surface area contributed by atoms with Gasteiger partial charge >= 0.3 is 6.01 Å². The molecular formula is C19H14Cl2N6O3. The van der Waals surface area contributed by atoms with E-state index in [1.165, 1.54) is 4.52 Å². The summed E-state index contributed by atoms with van der Waals surface area (Å²) in [6.45, 7) is 0. The number of nitrogens with one attached hydrogen (secondary N) is 2. The summed E-state index contributed by atoms with van der Waals surface area (Å²) in [6, 6.07) is 5.16. The van der Waals surface area contributed by atoms with Gasteiger partial charge in [-0.3, -0.25) is 14.9 Å². The molecule has 0 atom stereocenters. The molecule has 0 spiro atoms. The molecule has 0 unspecified atom stereocenters. The number of carbonyl (C=O) groups is 2. The Morgan fingerprint density at radius 1 is 1.17 bits per heavy atom. The number of amides is 2. The van der Waals surface area contributed by atoms with Crippen LogP contribution in [0.1, 0.15) is 24.8 Å². The molecule has 1 saturated heterocycles. The summed E-state index contributed by atoms with van der Waals surface area (Å²) in [7, 11) is 0. The summed E-state index contributed by atoms with van der Waals surface area (Å²) in [5.41, 5.74) is 1.33. The van der Waals surface area contributed by atoms with Crippen LogP contribution in [0, 0.1) is 0 Å². The Balaban J connectivity index is 1.58. The van der Waals surface area contributed by atoms with Crippen LogP contribution in [-0.2, 0) is 9.59 Å². The van der Waals surface area contributed by atoms with Crippen molar-refractivity contribution in [3.05, 3.63) is 45.6 Å². The highest BCUT2D eigenvalue weighted by Crippen LogP contribution is 2.30. The van der Waals surface area contributed by atoms with Crippen molar-refractivity contribution in [2.75, 3.05) is 5.32 Å². The third-order valence-corrected chi connectivity index (χ3v) is 4.99. The molecule has 2 fully saturated rings. The molecular weight excluding hydrogens is 431 g/mol. The molecule has 1 aromatic carbocycles. The fourth-order valence-corrected chi connectivity index (χ4v) is 3.53. The van der Waals surface area contributed by atoms with Gasteiger partial charge in [-0.25, -0.2) is 0 Å². The van der Waals surface area contributed by atoms with E-state index in [0.717, 1.165) is 12.8 Å². The topological polar surface area (TPSA) is 111 Å². The Bertz CT molecular complexity index is 1210. The maximum Gasteiger partial charge on any atom is 0.327 e. The Kier molecular flexibility index (Phi) is 4.56. The van der Waals surface area contributed by atoms with Crippen LogP contribution in [0.4, 0.5) is 5.95 Å². The van der Waals surface area contributed by atoms with Crippen molar-refractivity contribution in [3.8, 4) is 11.8 Å². The SMILES string of the molecule is O=C1C/C(=C\c2cnn3c(NC4CC4)nc(Oc4cc(Cl)cc(Cl)c4)nc23)C(=O)N1. The highest BCUT2D eigenvalue weighted by atomic mass is 35.5. The first-order chi connectivity index (χ1) is 14.4. The molecule has 30 heavy (non-hydrogen) atoms. The van der Waals surface area contributed by atoms with E-state index in [0.29, 0.717) is 44.6 Å². The average Bonchev–Trinajstić information content (AvgIpc) is 3.30. The first kappa shape index (κ1) is 18.8. The molecule has 2 aromatic heterocycles. The van der Waals surface area contributed by atoms with Gasteiger partial charge in [0.05, 0.1) is 12.6 Å². The largest absolute Gasteiger partial charge is 0.424 e. The zero-order valence-electron chi connectivity index (χ0n) is 15.4. The van der Waals surface area contributed by atoms with E-state index in [1.54, 1.807) is 30.5 Å². The molecule has 0 radical (unpaired) electrons. The zero-order chi connectivity index (χ0) is 20.8. The van der Waals surface area contributed by atoms with Crippen molar-refractivity contribution < 1.29 is 14.3 Å². The second-order valence-electron chi connectivity index (χ2n) is 7.01. The van der Waals surface area contributed by atoms with E-state index in [4.69, 9.17) is 27.9 Å². The van der Waals surface area contributed by atoms with Crippen LogP contribution < -0.4 is 15.4 Å². The first-order valence-electron chi connectivity index (χ1n) is 9.15. The molecule has 1 saturated carbocycles. The van der Waals surface area contributed by atoms with E-state index in [2.05, 4.69) is 25.7 Å². The second kappa shape index (κ2) is 7.26. The number of aromatic nitrogens is 4. The van der Waals surface area contributed by atoms with Crippen molar-refractivity contribution in [2.45, 2.75) is 25.3 Å². The van der Waals surface area contributed by atoms with Gasteiger partial charge in [0.2, 0.25) is 11.9 Å². The number of carbonyl (C=O) groups excluding carboxylic acids is 2. The van der Waals surface area contributed by atoms with Crippen LogP contribution >= 0.6 is 23.2 Å². The fraction of sp³-hybridized carbons (Fsp3) is 0.211. The van der Waals surface area contributed by atoms with Crippen LogP contribution in [0.15, 0.2) is 30.0 Å². The quantitative estimate of drug-likeness (QED) is 0.458. The minimum absolute atomic E-state index is 0.0127. The summed E-state index contributed by atoms with van der Waals surface area (Å²) >= 11 is 12.1. The summed E-state index contributed by atoms with van der Waals surface area (Å²) in [5.74, 6) is 0.0849. The molecule has 3 heterocycles. The van der Waals surface area contributed by atoms with Crippen molar-refractivity contribution in [2.24, 2.45) is 0 Å². The molecule has 3 aromatic rings. The lowest BCUT2D eigenvalue weighted by Crippen LogP contribution is -2.19. The summed E-state index contributed by atoms with van der Waals surface area (Å²) in [4.78, 5) is 32.3. The highest BCUT2D eigenvalue weighted by Gasteiger charge is 2.26. The molecule has 2 amide bonds. The van der Waals surface area contributed by atoms with Gasteiger partial charge in [0.25, 0.3) is 5.91 Å². The third-order valence-electron chi connectivity index (χ3n) is 4.56. The lowest BCUT2D eigenvalue weighted by Gasteiger charge is -2.10. The van der Waals surface area contributed by atoms with Gasteiger partial charge in [-0.05, 0) is 37.1 Å². The smallest absolute Gasteiger partial charge is 0.327 e. The Labute approximate surface area is 180 Å². The predicted molar refractivity (Wildman–Crippen MR) is 110 cm³/mol. The number of anilines is 1. The fourth-order valence-electron chi connectivity index (χ4n) is 3.03. The standard InChI is InChI=1S/C19H14Cl2N6O3/c20-11-5-12(21)7-14(6-11)30-19-25-16-10(3-9-4-15(28)24-17(9)29)8-22-27(16)18(26-19)23-13-1-2-13/h3,5-8,13H,1-2,4H2,(H,23,25,26)(H,24,28,29)/b9-3+. The van der Waals surface area contributed by atoms with E-state index >= 15 is 0 Å². The minimum Gasteiger partial charge on any atom is -0.424 e. The molecule has 2 aliphatic rings. The van der Waals surface area contributed by atoms with Gasteiger partial charge in [0, 0.05) is 27.2 Å². The van der Waals surface area contributed by atoms with Crippen molar-refractivity contribution in [1.29, 1.82) is 0 Å². The van der Waals surface area contributed by atoms with Gasteiger partial charge in [0.15, 0.2) is 5.65 Å². The Morgan fingerprint density at radius 3 is 2.60 bits per heavy atom. The van der Waals surface area contributed by atoms with Gasteiger partial charge in [0.1, 0.15) is 5.75 Å². The number of fused-ring (bicyclic) bond motifs is 1. The van der Waals surface area contributed by atoms with Crippen LogP contribution in [-0.4, -0.2) is 37.4 Å². The zero-order valence-corrected chi connectivity index (χ0v) is 16.9. The number of ether oxygens (including phenoxy) is 1. The van der Waals surface area contributed by atoms with E-state index in [1.807, 2.05) is 0 Å². The summed E-state index contributed by atoms with van der Waals surface area (Å²) in [5, 5.41) is 10.7. The molecule has 1 aliphatic carbocycles. The van der Waals surface area contributed by atoms with E-state index in [-0.39, 0.29) is 18.3 Å². The van der Waals surface area contributed by atoms with Crippen molar-refractivity contribution in [1.82, 2.24) is 24.9 Å². The normalized spacial score (nSPS) is 17.6. The molecule has 9 nitrogen and oxygen atoms in total. The van der Waals surface area contributed by atoms with Gasteiger partial charge in [-0.2, -0.15) is 19.6 Å². The molecule has 2 N–H and O–H groups in total. The number of hydrogen-bond acceptors (Lipinski definition) is 7. The monoisotopic (exact) mass is 444 g/mol. The first-order valence-corrected chi connectivity index (χ1v) is 9.91.